The van der Waals surface area contributed by atoms with Gasteiger partial charge in [0.1, 0.15) is 6.10 Å². The monoisotopic (exact) mass is 326 g/mol. The maximum atomic E-state index is 6.91. The van der Waals surface area contributed by atoms with Crippen LogP contribution < -0.4 is 10.4 Å². The first kappa shape index (κ1) is 16.4. The summed E-state index contributed by atoms with van der Waals surface area (Å²) in [6.45, 7) is 9.88. The van der Waals surface area contributed by atoms with Crippen LogP contribution in [0.4, 0.5) is 0 Å². The minimum atomic E-state index is -2.42. The van der Waals surface area contributed by atoms with Gasteiger partial charge < -0.3 is 9.16 Å². The van der Waals surface area contributed by atoms with Crippen LogP contribution >= 0.6 is 0 Å². The maximum Gasteiger partial charge on any atom is 0.261 e. The second-order valence-electron chi connectivity index (χ2n) is 7.36. The Labute approximate surface area is 140 Å². The van der Waals surface area contributed by atoms with Crippen LogP contribution in [0.5, 0.6) is 0 Å². The summed E-state index contributed by atoms with van der Waals surface area (Å²) in [6, 6.07) is 21.5. The lowest BCUT2D eigenvalue weighted by Crippen LogP contribution is -2.67. The minimum Gasteiger partial charge on any atom is -0.402 e. The summed E-state index contributed by atoms with van der Waals surface area (Å²) < 4.78 is 12.4. The van der Waals surface area contributed by atoms with Gasteiger partial charge in [-0.05, 0) is 22.3 Å². The molecule has 2 unspecified atom stereocenters. The molecule has 2 aromatic rings. The van der Waals surface area contributed by atoms with Gasteiger partial charge in [-0.2, -0.15) is 0 Å². The highest BCUT2D eigenvalue weighted by molar-refractivity contribution is 6.99. The Morgan fingerprint density at radius 3 is 1.74 bits per heavy atom. The molecule has 2 nitrogen and oxygen atoms in total. The zero-order chi connectivity index (χ0) is 16.5. The number of epoxide rings is 1. The van der Waals surface area contributed by atoms with E-state index in [1.165, 1.54) is 10.4 Å². The smallest absolute Gasteiger partial charge is 0.261 e. The molecular weight excluding hydrogens is 300 g/mol. The normalized spacial score (nSPS) is 19.4. The molecule has 0 N–H and O–H groups in total. The van der Waals surface area contributed by atoms with Gasteiger partial charge in [-0.15, -0.1) is 0 Å². The third-order valence-electron chi connectivity index (χ3n) is 4.66. The summed E-state index contributed by atoms with van der Waals surface area (Å²) in [5.74, 6) is 0. The van der Waals surface area contributed by atoms with E-state index in [0.717, 1.165) is 6.61 Å². The van der Waals surface area contributed by atoms with E-state index < -0.39 is 8.32 Å². The highest BCUT2D eigenvalue weighted by Crippen LogP contribution is 2.38. The summed E-state index contributed by atoms with van der Waals surface area (Å²) in [7, 11) is -2.42. The van der Waals surface area contributed by atoms with Gasteiger partial charge in [0.15, 0.2) is 0 Å². The van der Waals surface area contributed by atoms with E-state index in [0.29, 0.717) is 0 Å². The minimum absolute atomic E-state index is 0.0266. The van der Waals surface area contributed by atoms with Crippen molar-refractivity contribution in [3.8, 4) is 0 Å². The molecule has 1 saturated heterocycles. The summed E-state index contributed by atoms with van der Waals surface area (Å²) in [4.78, 5) is 0. The third-order valence-corrected chi connectivity index (χ3v) is 9.79. The largest absolute Gasteiger partial charge is 0.402 e. The third kappa shape index (κ3) is 3.14. The Bertz CT molecular complexity index is 590. The molecule has 1 aliphatic rings. The first-order valence-corrected chi connectivity index (χ1v) is 10.3. The van der Waals surface area contributed by atoms with Gasteiger partial charge in [0, 0.05) is 0 Å². The van der Waals surface area contributed by atoms with Crippen LogP contribution in [0.1, 0.15) is 27.7 Å². The molecule has 1 fully saturated rings. The summed E-state index contributed by atoms with van der Waals surface area (Å²) in [6.07, 6.45) is 0.359. The summed E-state index contributed by atoms with van der Waals surface area (Å²) in [5.41, 5.74) is 0. The molecule has 2 aromatic carbocycles. The quantitative estimate of drug-likeness (QED) is 0.621. The maximum absolute atomic E-state index is 6.91. The Morgan fingerprint density at radius 1 is 0.957 bits per heavy atom. The number of benzene rings is 2. The molecule has 3 rings (SSSR count). The van der Waals surface area contributed by atoms with E-state index in [4.69, 9.17) is 9.16 Å². The van der Waals surface area contributed by atoms with Gasteiger partial charge in [0.05, 0.1) is 12.7 Å². The lowest BCUT2D eigenvalue weighted by Gasteiger charge is -2.44. The summed E-state index contributed by atoms with van der Waals surface area (Å²) in [5, 5.41) is 2.68. The lowest BCUT2D eigenvalue weighted by molar-refractivity contribution is 0.164. The fraction of sp³-hybridized carbons (Fsp3) is 0.400. The van der Waals surface area contributed by atoms with Crippen molar-refractivity contribution < 1.29 is 9.16 Å². The Morgan fingerprint density at radius 2 is 1.39 bits per heavy atom. The molecule has 0 radical (unpaired) electrons. The zero-order valence-corrected chi connectivity index (χ0v) is 15.5. The van der Waals surface area contributed by atoms with E-state index in [2.05, 4.69) is 88.4 Å². The van der Waals surface area contributed by atoms with E-state index >= 15 is 0 Å². The van der Waals surface area contributed by atoms with Gasteiger partial charge in [-0.3, -0.25) is 0 Å². The van der Waals surface area contributed by atoms with Gasteiger partial charge >= 0.3 is 0 Å². The van der Waals surface area contributed by atoms with Crippen LogP contribution in [-0.2, 0) is 9.16 Å². The molecule has 0 spiro atoms. The molecule has 0 aliphatic carbocycles. The number of ether oxygens (including phenoxy) is 1. The van der Waals surface area contributed by atoms with Crippen molar-refractivity contribution in [1.82, 2.24) is 0 Å². The molecule has 0 amide bonds. The molecular formula is C20H26O2Si. The first-order chi connectivity index (χ1) is 10.9. The predicted octanol–water partition coefficient (Wildman–Crippen LogP) is 3.35. The Balaban J connectivity index is 2.16. The molecule has 3 heteroatoms. The average molecular weight is 327 g/mol. The van der Waals surface area contributed by atoms with Gasteiger partial charge in [-0.1, -0.05) is 81.4 Å². The topological polar surface area (TPSA) is 21.8 Å². The van der Waals surface area contributed by atoms with Crippen molar-refractivity contribution in [2.24, 2.45) is 0 Å². The molecule has 0 saturated carbocycles. The first-order valence-electron chi connectivity index (χ1n) is 8.35. The van der Waals surface area contributed by atoms with Crippen molar-refractivity contribution in [3.63, 3.8) is 0 Å². The van der Waals surface area contributed by atoms with Crippen molar-refractivity contribution >= 4 is 18.7 Å². The molecule has 0 aromatic heterocycles. The predicted molar refractivity (Wildman–Crippen MR) is 97.9 cm³/mol. The highest BCUT2D eigenvalue weighted by atomic mass is 28.4. The van der Waals surface area contributed by atoms with Crippen LogP contribution in [0.2, 0.25) is 5.04 Å². The van der Waals surface area contributed by atoms with E-state index in [-0.39, 0.29) is 17.2 Å². The van der Waals surface area contributed by atoms with Crippen LogP contribution in [0.25, 0.3) is 0 Å². The van der Waals surface area contributed by atoms with Gasteiger partial charge in [0.2, 0.25) is 0 Å². The van der Waals surface area contributed by atoms with E-state index in [9.17, 15) is 0 Å². The zero-order valence-electron chi connectivity index (χ0n) is 14.5. The number of hydrogen-bond acceptors (Lipinski definition) is 2. The molecule has 23 heavy (non-hydrogen) atoms. The average Bonchev–Trinajstić information content (AvgIpc) is 3.38. The van der Waals surface area contributed by atoms with Crippen LogP contribution in [0, 0.1) is 0 Å². The Kier molecular flexibility index (Phi) is 4.45. The van der Waals surface area contributed by atoms with Crippen molar-refractivity contribution in [1.29, 1.82) is 0 Å². The molecule has 1 aliphatic heterocycles. The van der Waals surface area contributed by atoms with Crippen LogP contribution in [0.15, 0.2) is 60.7 Å². The van der Waals surface area contributed by atoms with Gasteiger partial charge in [0.25, 0.3) is 8.32 Å². The van der Waals surface area contributed by atoms with Crippen LogP contribution in [-0.4, -0.2) is 27.1 Å². The number of hydrogen-bond donors (Lipinski definition) is 0. The number of rotatable bonds is 5. The van der Waals surface area contributed by atoms with E-state index in [1.54, 1.807) is 0 Å². The van der Waals surface area contributed by atoms with Crippen molar-refractivity contribution in [3.05, 3.63) is 60.7 Å². The van der Waals surface area contributed by atoms with Crippen molar-refractivity contribution in [2.45, 2.75) is 44.9 Å². The fourth-order valence-corrected chi connectivity index (χ4v) is 8.10. The fourth-order valence-electron chi connectivity index (χ4n) is 3.37. The van der Waals surface area contributed by atoms with Crippen molar-refractivity contribution in [2.75, 3.05) is 6.61 Å². The van der Waals surface area contributed by atoms with Crippen LogP contribution in [0.3, 0.4) is 0 Å². The second kappa shape index (κ2) is 6.23. The van der Waals surface area contributed by atoms with Gasteiger partial charge in [-0.25, -0.2) is 0 Å². The second-order valence-corrected chi connectivity index (χ2v) is 11.6. The lowest BCUT2D eigenvalue weighted by atomic mass is 10.2. The summed E-state index contributed by atoms with van der Waals surface area (Å²) >= 11 is 0. The standard InChI is InChI=1S/C20H26O2Si/c1-16(19-15-21-19)22-23(20(2,3)4,17-11-7-5-8-12-17)18-13-9-6-10-14-18/h5-14,16,19H,15H2,1-4H3. The molecule has 1 heterocycles. The highest BCUT2D eigenvalue weighted by Gasteiger charge is 2.52. The molecule has 122 valence electrons. The van der Waals surface area contributed by atoms with E-state index in [1.807, 2.05) is 0 Å². The SMILES string of the molecule is CC(O[Si](c1ccccc1)(c1ccccc1)C(C)(C)C)C1CO1. The Hall–Kier alpha value is -1.42. The molecule has 0 bridgehead atoms. The molecule has 2 atom stereocenters.